The van der Waals surface area contributed by atoms with E-state index in [1.165, 1.54) is 0 Å². The van der Waals surface area contributed by atoms with Crippen molar-refractivity contribution in [1.29, 1.82) is 0 Å². The largest absolute Gasteiger partial charge is 0.378 e. The summed E-state index contributed by atoms with van der Waals surface area (Å²) >= 11 is 1.58. The number of aromatic nitrogens is 4. The molecule has 96 valence electrons. The normalized spacial score (nSPS) is 11.1. The fourth-order valence-corrected chi connectivity index (χ4v) is 1.99. The number of aromatic amines is 1. The molecule has 0 aliphatic heterocycles. The van der Waals surface area contributed by atoms with E-state index in [-0.39, 0.29) is 6.10 Å². The zero-order chi connectivity index (χ0) is 12.8. The lowest BCUT2D eigenvalue weighted by Gasteiger charge is -2.04. The molecule has 18 heavy (non-hydrogen) atoms. The predicted octanol–water partition coefficient (Wildman–Crippen LogP) is 2.38. The molecule has 2 rings (SSSR count). The van der Waals surface area contributed by atoms with Crippen LogP contribution in [0.25, 0.3) is 11.4 Å². The average Bonchev–Trinajstić information content (AvgIpc) is 2.84. The minimum atomic E-state index is 0.267. The summed E-state index contributed by atoms with van der Waals surface area (Å²) in [5.74, 6) is 1.60. The third kappa shape index (κ3) is 3.82. The van der Waals surface area contributed by atoms with Gasteiger partial charge in [0.2, 0.25) is 5.16 Å². The Morgan fingerprint density at radius 2 is 2.33 bits per heavy atom. The number of thioether (sulfide) groups is 1. The van der Waals surface area contributed by atoms with Crippen LogP contribution < -0.4 is 0 Å². The van der Waals surface area contributed by atoms with Gasteiger partial charge in [0.15, 0.2) is 5.82 Å². The zero-order valence-electron chi connectivity index (χ0n) is 10.5. The molecule has 5 nitrogen and oxygen atoms in total. The van der Waals surface area contributed by atoms with E-state index in [2.05, 4.69) is 20.2 Å². The Hall–Kier alpha value is -1.40. The third-order valence-corrected chi connectivity index (χ3v) is 2.98. The molecule has 0 unspecified atom stereocenters. The third-order valence-electron chi connectivity index (χ3n) is 2.17. The quantitative estimate of drug-likeness (QED) is 0.641. The van der Waals surface area contributed by atoms with E-state index in [1.54, 1.807) is 24.2 Å². The maximum atomic E-state index is 5.46. The number of pyridine rings is 1. The molecule has 0 atom stereocenters. The van der Waals surface area contributed by atoms with E-state index in [9.17, 15) is 0 Å². The fraction of sp³-hybridized carbons (Fsp3) is 0.417. The monoisotopic (exact) mass is 264 g/mol. The molecule has 2 aromatic rings. The second-order valence-corrected chi connectivity index (χ2v) is 5.04. The topological polar surface area (TPSA) is 63.7 Å². The zero-order valence-corrected chi connectivity index (χ0v) is 11.3. The van der Waals surface area contributed by atoms with Crippen molar-refractivity contribution in [2.75, 3.05) is 12.4 Å². The Morgan fingerprint density at radius 1 is 1.44 bits per heavy atom. The number of ether oxygens (including phenoxy) is 1. The second kappa shape index (κ2) is 6.51. The van der Waals surface area contributed by atoms with Crippen molar-refractivity contribution in [3.63, 3.8) is 0 Å². The van der Waals surface area contributed by atoms with Gasteiger partial charge in [0, 0.05) is 23.7 Å². The number of hydrogen-bond acceptors (Lipinski definition) is 5. The van der Waals surface area contributed by atoms with Crippen LogP contribution in [0.5, 0.6) is 0 Å². The molecule has 0 bridgehead atoms. The van der Waals surface area contributed by atoms with Gasteiger partial charge in [-0.3, -0.25) is 10.1 Å². The summed E-state index contributed by atoms with van der Waals surface area (Å²) in [6.07, 6.45) is 3.76. The van der Waals surface area contributed by atoms with Gasteiger partial charge < -0.3 is 4.74 Å². The Balaban J connectivity index is 1.87. The Labute approximate surface area is 110 Å². The van der Waals surface area contributed by atoms with Gasteiger partial charge in [-0.15, -0.1) is 5.10 Å². The Bertz CT molecular complexity index is 472. The summed E-state index contributed by atoms with van der Waals surface area (Å²) in [4.78, 5) is 8.45. The van der Waals surface area contributed by atoms with Crippen molar-refractivity contribution in [1.82, 2.24) is 20.2 Å². The van der Waals surface area contributed by atoms with Crippen molar-refractivity contribution in [3.05, 3.63) is 24.5 Å². The van der Waals surface area contributed by atoms with E-state index in [4.69, 9.17) is 4.74 Å². The minimum Gasteiger partial charge on any atom is -0.378 e. The number of nitrogens with zero attached hydrogens (tertiary/aromatic N) is 3. The van der Waals surface area contributed by atoms with E-state index in [0.29, 0.717) is 6.61 Å². The predicted molar refractivity (Wildman–Crippen MR) is 71.4 cm³/mol. The molecule has 2 heterocycles. The Morgan fingerprint density at radius 3 is 3.06 bits per heavy atom. The average molecular weight is 264 g/mol. The summed E-state index contributed by atoms with van der Waals surface area (Å²) < 4.78 is 5.46. The molecule has 0 aliphatic rings. The number of nitrogens with one attached hydrogen (secondary N) is 1. The molecule has 0 saturated heterocycles. The molecule has 0 spiro atoms. The van der Waals surface area contributed by atoms with E-state index in [0.717, 1.165) is 22.3 Å². The van der Waals surface area contributed by atoms with Gasteiger partial charge >= 0.3 is 0 Å². The van der Waals surface area contributed by atoms with Gasteiger partial charge in [-0.05, 0) is 26.0 Å². The lowest BCUT2D eigenvalue weighted by atomic mass is 10.3. The van der Waals surface area contributed by atoms with Crippen LogP contribution in [-0.2, 0) is 4.74 Å². The van der Waals surface area contributed by atoms with Gasteiger partial charge in [-0.1, -0.05) is 11.8 Å². The highest BCUT2D eigenvalue weighted by atomic mass is 32.2. The summed E-state index contributed by atoms with van der Waals surface area (Å²) in [6, 6.07) is 3.82. The minimum absolute atomic E-state index is 0.267. The molecule has 0 radical (unpaired) electrons. The van der Waals surface area contributed by atoms with Crippen molar-refractivity contribution >= 4 is 11.8 Å². The first-order valence-corrected chi connectivity index (χ1v) is 6.81. The van der Waals surface area contributed by atoms with Crippen LogP contribution in [0.4, 0.5) is 0 Å². The summed E-state index contributed by atoms with van der Waals surface area (Å²) in [7, 11) is 0. The molecule has 0 aromatic carbocycles. The molecule has 2 aromatic heterocycles. The van der Waals surface area contributed by atoms with Crippen LogP contribution >= 0.6 is 11.8 Å². The first-order chi connectivity index (χ1) is 8.75. The summed E-state index contributed by atoms with van der Waals surface area (Å²) in [5.41, 5.74) is 0.940. The van der Waals surface area contributed by atoms with Crippen LogP contribution in [0, 0.1) is 0 Å². The highest BCUT2D eigenvalue weighted by molar-refractivity contribution is 7.99. The lowest BCUT2D eigenvalue weighted by Crippen LogP contribution is -2.05. The van der Waals surface area contributed by atoms with Gasteiger partial charge in [0.1, 0.15) is 0 Å². The van der Waals surface area contributed by atoms with Crippen molar-refractivity contribution in [2.45, 2.75) is 25.1 Å². The van der Waals surface area contributed by atoms with Gasteiger partial charge in [-0.2, -0.15) is 0 Å². The summed E-state index contributed by atoms with van der Waals surface area (Å²) in [5, 5.41) is 7.80. The van der Waals surface area contributed by atoms with Crippen LogP contribution in [0.15, 0.2) is 29.7 Å². The van der Waals surface area contributed by atoms with E-state index >= 15 is 0 Å². The SMILES string of the molecule is CC(C)OCCSc1n[nH]c(-c2cccnc2)n1. The summed E-state index contributed by atoms with van der Waals surface area (Å²) in [6.45, 7) is 4.76. The molecule has 0 saturated carbocycles. The lowest BCUT2D eigenvalue weighted by molar-refractivity contribution is 0.0920. The van der Waals surface area contributed by atoms with Crippen molar-refractivity contribution in [2.24, 2.45) is 0 Å². The van der Waals surface area contributed by atoms with Crippen molar-refractivity contribution < 1.29 is 4.74 Å². The highest BCUT2D eigenvalue weighted by Crippen LogP contribution is 2.17. The van der Waals surface area contributed by atoms with E-state index in [1.807, 2.05) is 26.0 Å². The molecule has 0 fully saturated rings. The molecular weight excluding hydrogens is 248 g/mol. The molecule has 1 N–H and O–H groups in total. The van der Waals surface area contributed by atoms with Crippen molar-refractivity contribution in [3.8, 4) is 11.4 Å². The van der Waals surface area contributed by atoms with Crippen LogP contribution in [0.3, 0.4) is 0 Å². The van der Waals surface area contributed by atoms with Crippen LogP contribution in [0.1, 0.15) is 13.8 Å². The van der Waals surface area contributed by atoms with Gasteiger partial charge in [-0.25, -0.2) is 4.98 Å². The Kier molecular flexibility index (Phi) is 4.72. The van der Waals surface area contributed by atoms with Gasteiger partial charge in [0.25, 0.3) is 0 Å². The maximum Gasteiger partial charge on any atom is 0.208 e. The highest BCUT2D eigenvalue weighted by Gasteiger charge is 2.05. The second-order valence-electron chi connectivity index (χ2n) is 3.98. The first-order valence-electron chi connectivity index (χ1n) is 5.83. The standard InChI is InChI=1S/C12H16N4OS/c1-9(2)17-6-7-18-12-14-11(15-16-12)10-4-3-5-13-8-10/h3-5,8-9H,6-7H2,1-2H3,(H,14,15,16). The molecular formula is C12H16N4OS. The maximum absolute atomic E-state index is 5.46. The first kappa shape index (κ1) is 13.0. The smallest absolute Gasteiger partial charge is 0.208 e. The number of H-pyrrole nitrogens is 1. The molecule has 0 amide bonds. The number of rotatable bonds is 6. The number of hydrogen-bond donors (Lipinski definition) is 1. The van der Waals surface area contributed by atoms with Crippen LogP contribution in [0.2, 0.25) is 0 Å². The molecule has 6 heteroatoms. The molecule has 0 aliphatic carbocycles. The van der Waals surface area contributed by atoms with E-state index < -0.39 is 0 Å². The van der Waals surface area contributed by atoms with Crippen LogP contribution in [-0.4, -0.2) is 38.6 Å². The fourth-order valence-electron chi connectivity index (χ4n) is 1.36. The van der Waals surface area contributed by atoms with Gasteiger partial charge in [0.05, 0.1) is 12.7 Å².